The topological polar surface area (TPSA) is 43.0 Å². The normalized spacial score (nSPS) is 12.6. The quantitative estimate of drug-likeness (QED) is 0.465. The average Bonchev–Trinajstić information content (AvgIpc) is 3.31. The summed E-state index contributed by atoms with van der Waals surface area (Å²) in [6.45, 7) is 1.06. The van der Waals surface area contributed by atoms with Gasteiger partial charge in [-0.2, -0.15) is 0 Å². The molecule has 0 spiro atoms. The zero-order chi connectivity index (χ0) is 19.6. The lowest BCUT2D eigenvalue weighted by atomic mass is 10.1. The summed E-state index contributed by atoms with van der Waals surface area (Å²) in [6, 6.07) is 28.9. The number of aromatic nitrogens is 3. The van der Waals surface area contributed by atoms with Gasteiger partial charge in [0, 0.05) is 18.1 Å². The molecule has 2 heterocycles. The molecule has 0 unspecified atom stereocenters. The third-order valence-corrected chi connectivity index (χ3v) is 5.42. The summed E-state index contributed by atoms with van der Waals surface area (Å²) in [5, 5.41) is 12.1. The van der Waals surface area contributed by atoms with Gasteiger partial charge in [0.1, 0.15) is 5.82 Å². The molecule has 4 nitrogen and oxygen atoms in total. The van der Waals surface area contributed by atoms with Crippen molar-refractivity contribution in [3.63, 3.8) is 0 Å². The van der Waals surface area contributed by atoms with E-state index in [-0.39, 0.29) is 0 Å². The number of aliphatic hydroxyl groups excluding tert-OH is 1. The molecule has 144 valence electrons. The van der Waals surface area contributed by atoms with E-state index in [1.807, 2.05) is 54.7 Å². The highest BCUT2D eigenvalue weighted by Crippen LogP contribution is 2.20. The lowest BCUT2D eigenvalue weighted by Crippen LogP contribution is -2.23. The number of hydrogen-bond acceptors (Lipinski definition) is 2. The van der Waals surface area contributed by atoms with Crippen LogP contribution in [0.3, 0.4) is 0 Å². The minimum Gasteiger partial charge on any atom is -0.389 e. The van der Waals surface area contributed by atoms with Crippen molar-refractivity contribution in [3.8, 4) is 0 Å². The Bertz CT molecular complexity index is 1250. The Labute approximate surface area is 169 Å². The summed E-state index contributed by atoms with van der Waals surface area (Å²) in [5.41, 5.74) is 4.40. The van der Waals surface area contributed by atoms with Gasteiger partial charge in [0.2, 0.25) is 0 Å². The van der Waals surface area contributed by atoms with Gasteiger partial charge in [-0.1, -0.05) is 60.7 Å². The molecule has 0 aliphatic carbocycles. The van der Waals surface area contributed by atoms with E-state index in [0.29, 0.717) is 13.1 Å². The maximum atomic E-state index is 10.9. The van der Waals surface area contributed by atoms with Crippen LogP contribution in [-0.2, 0) is 19.5 Å². The molecule has 0 fully saturated rings. The van der Waals surface area contributed by atoms with Crippen LogP contribution in [0.15, 0.2) is 91.1 Å². The second-order valence-corrected chi connectivity index (χ2v) is 7.47. The molecule has 0 bridgehead atoms. The monoisotopic (exact) mass is 381 g/mol. The van der Waals surface area contributed by atoms with Crippen molar-refractivity contribution in [2.24, 2.45) is 0 Å². The highest BCUT2D eigenvalue weighted by atomic mass is 16.3. The Morgan fingerprint density at radius 1 is 0.759 bits per heavy atom. The first kappa shape index (κ1) is 17.7. The first-order valence-electron chi connectivity index (χ1n) is 9.98. The lowest BCUT2D eigenvalue weighted by molar-refractivity contribution is 0.136. The van der Waals surface area contributed by atoms with Gasteiger partial charge in [-0.25, -0.2) is 4.98 Å². The highest BCUT2D eigenvalue weighted by molar-refractivity contribution is 5.80. The number of fused-ring (bicyclic) bond motifs is 2. The van der Waals surface area contributed by atoms with Crippen LogP contribution in [0.2, 0.25) is 0 Å². The van der Waals surface area contributed by atoms with Gasteiger partial charge in [0.15, 0.2) is 0 Å². The second-order valence-electron chi connectivity index (χ2n) is 7.47. The number of hydrogen-bond donors (Lipinski definition) is 1. The Hall–Kier alpha value is -3.37. The van der Waals surface area contributed by atoms with Crippen molar-refractivity contribution in [2.75, 3.05) is 0 Å². The van der Waals surface area contributed by atoms with Crippen LogP contribution >= 0.6 is 0 Å². The van der Waals surface area contributed by atoms with Crippen LogP contribution in [0.5, 0.6) is 0 Å². The van der Waals surface area contributed by atoms with Gasteiger partial charge in [-0.3, -0.25) is 0 Å². The standard InChI is InChI=1S/C25H23N3O/c29-21(17-27-15-14-20-10-4-6-12-23(20)27)18-28-24-13-7-5-11-22(24)26-25(28)16-19-8-2-1-3-9-19/h1-15,21,29H,16-18H2/t21-/m0/s1. The van der Waals surface area contributed by atoms with Crippen molar-refractivity contribution >= 4 is 21.9 Å². The molecule has 0 saturated carbocycles. The predicted molar refractivity (Wildman–Crippen MR) is 117 cm³/mol. The smallest absolute Gasteiger partial charge is 0.114 e. The molecular formula is C25H23N3O. The van der Waals surface area contributed by atoms with Crippen molar-refractivity contribution in [3.05, 3.63) is 103 Å². The molecule has 5 aromatic rings. The Morgan fingerprint density at radius 3 is 2.34 bits per heavy atom. The van der Waals surface area contributed by atoms with E-state index in [4.69, 9.17) is 4.98 Å². The number of benzene rings is 3. The van der Waals surface area contributed by atoms with Gasteiger partial charge in [-0.05, 0) is 35.2 Å². The number of para-hydroxylation sites is 3. The Balaban J connectivity index is 1.45. The molecule has 4 heteroatoms. The van der Waals surface area contributed by atoms with Crippen LogP contribution in [0.25, 0.3) is 21.9 Å². The van der Waals surface area contributed by atoms with Crippen molar-refractivity contribution in [1.29, 1.82) is 0 Å². The third-order valence-electron chi connectivity index (χ3n) is 5.42. The first-order valence-corrected chi connectivity index (χ1v) is 9.98. The van der Waals surface area contributed by atoms with Crippen LogP contribution in [0.4, 0.5) is 0 Å². The fourth-order valence-corrected chi connectivity index (χ4v) is 4.04. The van der Waals surface area contributed by atoms with E-state index in [9.17, 15) is 5.11 Å². The zero-order valence-corrected chi connectivity index (χ0v) is 16.1. The van der Waals surface area contributed by atoms with Gasteiger partial charge < -0.3 is 14.2 Å². The largest absolute Gasteiger partial charge is 0.389 e. The number of aliphatic hydroxyl groups is 1. The number of nitrogens with zero attached hydrogens (tertiary/aromatic N) is 3. The van der Waals surface area contributed by atoms with Gasteiger partial charge in [0.05, 0.1) is 30.2 Å². The fraction of sp³-hybridized carbons (Fsp3) is 0.160. The summed E-state index contributed by atoms with van der Waals surface area (Å²) < 4.78 is 4.29. The van der Waals surface area contributed by atoms with E-state index >= 15 is 0 Å². The molecule has 5 rings (SSSR count). The minimum absolute atomic E-state index is 0.509. The fourth-order valence-electron chi connectivity index (χ4n) is 4.04. The van der Waals surface area contributed by atoms with Crippen LogP contribution in [0.1, 0.15) is 11.4 Å². The summed E-state index contributed by atoms with van der Waals surface area (Å²) in [6.07, 6.45) is 2.28. The average molecular weight is 381 g/mol. The molecule has 1 atom stereocenters. The van der Waals surface area contributed by atoms with Gasteiger partial charge >= 0.3 is 0 Å². The maximum absolute atomic E-state index is 10.9. The SMILES string of the molecule is O[C@@H](Cn1ccc2ccccc21)Cn1c(Cc2ccccc2)nc2ccccc21. The van der Waals surface area contributed by atoms with E-state index in [1.54, 1.807) is 0 Å². The molecule has 1 N–H and O–H groups in total. The molecule has 0 radical (unpaired) electrons. The summed E-state index contributed by atoms with van der Waals surface area (Å²) in [7, 11) is 0. The molecule has 29 heavy (non-hydrogen) atoms. The Morgan fingerprint density at radius 2 is 1.48 bits per heavy atom. The molecule has 2 aromatic heterocycles. The lowest BCUT2D eigenvalue weighted by Gasteiger charge is -2.16. The van der Waals surface area contributed by atoms with Crippen molar-refractivity contribution in [2.45, 2.75) is 25.6 Å². The Kier molecular flexibility index (Phi) is 4.62. The summed E-state index contributed by atoms with van der Waals surface area (Å²) >= 11 is 0. The predicted octanol–water partition coefficient (Wildman–Crippen LogP) is 4.64. The van der Waals surface area contributed by atoms with Crippen molar-refractivity contribution in [1.82, 2.24) is 14.1 Å². The van der Waals surface area contributed by atoms with E-state index in [2.05, 4.69) is 45.5 Å². The molecular weight excluding hydrogens is 358 g/mol. The van der Waals surface area contributed by atoms with E-state index in [1.165, 1.54) is 10.9 Å². The zero-order valence-electron chi connectivity index (χ0n) is 16.1. The molecule has 0 saturated heterocycles. The second kappa shape index (κ2) is 7.57. The van der Waals surface area contributed by atoms with Crippen LogP contribution in [-0.4, -0.2) is 25.3 Å². The molecule has 0 aliphatic heterocycles. The molecule has 3 aromatic carbocycles. The van der Waals surface area contributed by atoms with E-state index < -0.39 is 6.10 Å². The third kappa shape index (κ3) is 3.55. The number of rotatable bonds is 6. The van der Waals surface area contributed by atoms with Crippen molar-refractivity contribution < 1.29 is 5.11 Å². The molecule has 0 amide bonds. The first-order chi connectivity index (χ1) is 14.3. The molecule has 0 aliphatic rings. The minimum atomic E-state index is -0.516. The number of imidazole rings is 1. The maximum Gasteiger partial charge on any atom is 0.114 e. The summed E-state index contributed by atoms with van der Waals surface area (Å²) in [4.78, 5) is 4.85. The van der Waals surface area contributed by atoms with Gasteiger partial charge in [-0.15, -0.1) is 0 Å². The summed E-state index contributed by atoms with van der Waals surface area (Å²) in [5.74, 6) is 0.980. The van der Waals surface area contributed by atoms with E-state index in [0.717, 1.165) is 28.8 Å². The highest BCUT2D eigenvalue weighted by Gasteiger charge is 2.15. The van der Waals surface area contributed by atoms with Crippen LogP contribution < -0.4 is 0 Å². The van der Waals surface area contributed by atoms with Gasteiger partial charge in [0.25, 0.3) is 0 Å². The van der Waals surface area contributed by atoms with Crippen LogP contribution in [0, 0.1) is 0 Å².